The molecule has 2 aromatic rings. The molecule has 0 aliphatic carbocycles. The van der Waals surface area contributed by atoms with E-state index in [1.54, 1.807) is 0 Å². The van der Waals surface area contributed by atoms with Crippen molar-refractivity contribution in [3.8, 4) is 0 Å². The molecule has 96 valence electrons. The number of fused-ring (bicyclic) bond motifs is 1. The van der Waals surface area contributed by atoms with Gasteiger partial charge in [-0.2, -0.15) is 0 Å². The number of rotatable bonds is 4. The van der Waals surface area contributed by atoms with Gasteiger partial charge in [-0.1, -0.05) is 18.2 Å². The van der Waals surface area contributed by atoms with Crippen LogP contribution >= 0.6 is 0 Å². The lowest BCUT2D eigenvalue weighted by atomic mass is 10.1. The standard InChI is InChI=1S/C15H20N2O/c1-17(9-12-6-7-16-8-12)10-13-11-18-15-5-3-2-4-14(13)15/h2-5,11-12,16H,6-10H2,1H3. The Morgan fingerprint density at radius 2 is 2.28 bits per heavy atom. The van der Waals surface area contributed by atoms with Crippen molar-refractivity contribution in [1.82, 2.24) is 10.2 Å². The van der Waals surface area contributed by atoms with Crippen LogP contribution in [0.4, 0.5) is 0 Å². The first-order valence-corrected chi connectivity index (χ1v) is 6.67. The van der Waals surface area contributed by atoms with Gasteiger partial charge in [0.15, 0.2) is 0 Å². The first-order valence-electron chi connectivity index (χ1n) is 6.67. The van der Waals surface area contributed by atoms with Crippen molar-refractivity contribution in [2.45, 2.75) is 13.0 Å². The molecule has 3 rings (SSSR count). The molecule has 2 heterocycles. The van der Waals surface area contributed by atoms with Crippen molar-refractivity contribution in [3.63, 3.8) is 0 Å². The summed E-state index contributed by atoms with van der Waals surface area (Å²) in [5.41, 5.74) is 2.28. The Balaban J connectivity index is 1.67. The van der Waals surface area contributed by atoms with Gasteiger partial charge in [-0.05, 0) is 38.5 Å². The minimum atomic E-state index is 0.799. The maximum Gasteiger partial charge on any atom is 0.134 e. The first kappa shape index (κ1) is 11.8. The number of nitrogens with one attached hydrogen (secondary N) is 1. The Morgan fingerprint density at radius 1 is 1.39 bits per heavy atom. The molecule has 1 aromatic heterocycles. The summed E-state index contributed by atoms with van der Waals surface area (Å²) in [4.78, 5) is 2.40. The predicted molar refractivity (Wildman–Crippen MR) is 73.5 cm³/mol. The van der Waals surface area contributed by atoms with Gasteiger partial charge in [-0.25, -0.2) is 0 Å². The Hall–Kier alpha value is -1.32. The Bertz CT molecular complexity index is 514. The summed E-state index contributed by atoms with van der Waals surface area (Å²) in [6, 6.07) is 8.25. The van der Waals surface area contributed by atoms with Gasteiger partial charge in [0.25, 0.3) is 0 Å². The van der Waals surface area contributed by atoms with E-state index in [0.717, 1.165) is 31.1 Å². The van der Waals surface area contributed by atoms with Crippen molar-refractivity contribution < 1.29 is 4.42 Å². The fourth-order valence-electron chi connectivity index (χ4n) is 2.82. The molecule has 1 aliphatic heterocycles. The van der Waals surface area contributed by atoms with Gasteiger partial charge in [-0.3, -0.25) is 0 Å². The van der Waals surface area contributed by atoms with E-state index in [1.807, 2.05) is 18.4 Å². The van der Waals surface area contributed by atoms with E-state index in [0.29, 0.717) is 0 Å². The van der Waals surface area contributed by atoms with Gasteiger partial charge in [0, 0.05) is 24.0 Å². The number of hydrogen-bond acceptors (Lipinski definition) is 3. The number of hydrogen-bond donors (Lipinski definition) is 1. The summed E-state index contributed by atoms with van der Waals surface area (Å²) in [6.07, 6.45) is 3.20. The molecule has 1 saturated heterocycles. The van der Waals surface area contributed by atoms with Crippen molar-refractivity contribution in [1.29, 1.82) is 0 Å². The lowest BCUT2D eigenvalue weighted by Gasteiger charge is -2.19. The summed E-state index contributed by atoms with van der Waals surface area (Å²) in [7, 11) is 2.19. The maximum atomic E-state index is 5.58. The van der Waals surface area contributed by atoms with Gasteiger partial charge in [0.1, 0.15) is 5.58 Å². The summed E-state index contributed by atoms with van der Waals surface area (Å²) in [5.74, 6) is 0.799. The van der Waals surface area contributed by atoms with Crippen molar-refractivity contribution in [2.75, 3.05) is 26.7 Å². The number of nitrogens with zero attached hydrogens (tertiary/aromatic N) is 1. The van der Waals surface area contributed by atoms with E-state index in [1.165, 1.54) is 23.9 Å². The molecule has 0 amide bonds. The van der Waals surface area contributed by atoms with E-state index >= 15 is 0 Å². The van der Waals surface area contributed by atoms with Crippen LogP contribution in [0.15, 0.2) is 34.9 Å². The maximum absolute atomic E-state index is 5.58. The molecule has 1 atom stereocenters. The summed E-state index contributed by atoms with van der Waals surface area (Å²) >= 11 is 0. The number of para-hydroxylation sites is 1. The summed E-state index contributed by atoms with van der Waals surface area (Å²) < 4.78 is 5.58. The molecule has 0 spiro atoms. The number of furan rings is 1. The molecule has 1 fully saturated rings. The second-order valence-corrected chi connectivity index (χ2v) is 5.31. The van der Waals surface area contributed by atoms with Crippen LogP contribution in [0.25, 0.3) is 11.0 Å². The normalized spacial score (nSPS) is 20.0. The highest BCUT2D eigenvalue weighted by Crippen LogP contribution is 2.22. The van der Waals surface area contributed by atoms with Crippen LogP contribution in [-0.4, -0.2) is 31.6 Å². The molecule has 0 radical (unpaired) electrons. The summed E-state index contributed by atoms with van der Waals surface area (Å²) in [5, 5.41) is 4.67. The second kappa shape index (κ2) is 5.12. The quantitative estimate of drug-likeness (QED) is 0.895. The van der Waals surface area contributed by atoms with Crippen LogP contribution in [0.5, 0.6) is 0 Å². The highest BCUT2D eigenvalue weighted by Gasteiger charge is 2.17. The highest BCUT2D eigenvalue weighted by atomic mass is 16.3. The first-order chi connectivity index (χ1) is 8.83. The fraction of sp³-hybridized carbons (Fsp3) is 0.467. The molecular weight excluding hydrogens is 224 g/mol. The molecule has 3 heteroatoms. The minimum absolute atomic E-state index is 0.799. The Kier molecular flexibility index (Phi) is 3.35. The Morgan fingerprint density at radius 3 is 3.11 bits per heavy atom. The predicted octanol–water partition coefficient (Wildman–Crippen LogP) is 2.47. The van der Waals surface area contributed by atoms with E-state index < -0.39 is 0 Å². The van der Waals surface area contributed by atoms with Gasteiger partial charge >= 0.3 is 0 Å². The van der Waals surface area contributed by atoms with Crippen LogP contribution in [0.1, 0.15) is 12.0 Å². The van der Waals surface area contributed by atoms with Gasteiger partial charge in [0.2, 0.25) is 0 Å². The zero-order valence-corrected chi connectivity index (χ0v) is 10.9. The molecule has 1 aliphatic rings. The smallest absolute Gasteiger partial charge is 0.134 e. The van der Waals surface area contributed by atoms with E-state index in [-0.39, 0.29) is 0 Å². The number of benzene rings is 1. The van der Waals surface area contributed by atoms with Crippen molar-refractivity contribution in [2.24, 2.45) is 5.92 Å². The molecular formula is C15H20N2O. The molecule has 3 nitrogen and oxygen atoms in total. The van der Waals surface area contributed by atoms with Crippen LogP contribution in [-0.2, 0) is 6.54 Å². The van der Waals surface area contributed by atoms with Crippen molar-refractivity contribution in [3.05, 3.63) is 36.1 Å². The zero-order valence-electron chi connectivity index (χ0n) is 10.9. The lowest BCUT2D eigenvalue weighted by Crippen LogP contribution is -2.26. The average molecular weight is 244 g/mol. The zero-order chi connectivity index (χ0) is 12.4. The van der Waals surface area contributed by atoms with Crippen LogP contribution in [0.3, 0.4) is 0 Å². The van der Waals surface area contributed by atoms with Gasteiger partial charge in [-0.15, -0.1) is 0 Å². The Labute approximate surface area is 108 Å². The largest absolute Gasteiger partial charge is 0.464 e. The topological polar surface area (TPSA) is 28.4 Å². The minimum Gasteiger partial charge on any atom is -0.464 e. The third-order valence-corrected chi connectivity index (χ3v) is 3.73. The fourth-order valence-corrected chi connectivity index (χ4v) is 2.82. The monoisotopic (exact) mass is 244 g/mol. The van der Waals surface area contributed by atoms with Crippen molar-refractivity contribution >= 4 is 11.0 Å². The lowest BCUT2D eigenvalue weighted by molar-refractivity contribution is 0.278. The van der Waals surface area contributed by atoms with Crippen LogP contribution in [0, 0.1) is 5.92 Å². The second-order valence-electron chi connectivity index (χ2n) is 5.31. The molecule has 0 bridgehead atoms. The molecule has 18 heavy (non-hydrogen) atoms. The van der Waals surface area contributed by atoms with Gasteiger partial charge in [0.05, 0.1) is 6.26 Å². The third kappa shape index (κ3) is 2.42. The van der Waals surface area contributed by atoms with Crippen LogP contribution in [0.2, 0.25) is 0 Å². The third-order valence-electron chi connectivity index (χ3n) is 3.73. The molecule has 1 N–H and O–H groups in total. The molecule has 0 saturated carbocycles. The summed E-state index contributed by atoms with van der Waals surface area (Å²) in [6.45, 7) is 4.46. The van der Waals surface area contributed by atoms with E-state index in [4.69, 9.17) is 4.42 Å². The molecule has 1 aromatic carbocycles. The molecule has 1 unspecified atom stereocenters. The SMILES string of the molecule is CN(Cc1coc2ccccc12)CC1CCNC1. The highest BCUT2D eigenvalue weighted by molar-refractivity contribution is 5.80. The van der Waals surface area contributed by atoms with E-state index in [2.05, 4.69) is 29.4 Å². The van der Waals surface area contributed by atoms with E-state index in [9.17, 15) is 0 Å². The van der Waals surface area contributed by atoms with Crippen LogP contribution < -0.4 is 5.32 Å². The van der Waals surface area contributed by atoms with Gasteiger partial charge < -0.3 is 14.6 Å². The average Bonchev–Trinajstić information content (AvgIpc) is 3.00.